The Labute approximate surface area is 164 Å². The molecule has 0 radical (unpaired) electrons. The largest absolute Gasteiger partial charge is 0.416 e. The molecule has 2 N–H and O–H groups in total. The fraction of sp³-hybridized carbons (Fsp3) is 0.118. The second kappa shape index (κ2) is 7.40. The van der Waals surface area contributed by atoms with Gasteiger partial charge in [0.05, 0.1) is 11.1 Å². The fourth-order valence-corrected chi connectivity index (χ4v) is 3.26. The van der Waals surface area contributed by atoms with Crippen LogP contribution in [0.2, 0.25) is 0 Å². The molecule has 1 aromatic heterocycles. The van der Waals surface area contributed by atoms with Crippen molar-refractivity contribution in [3.63, 3.8) is 0 Å². The number of primary sulfonamides is 1. The van der Waals surface area contributed by atoms with Crippen LogP contribution in [0.1, 0.15) is 17.7 Å². The fourth-order valence-electron chi connectivity index (χ4n) is 2.66. The van der Waals surface area contributed by atoms with Gasteiger partial charge in [-0.3, -0.25) is 0 Å². The van der Waals surface area contributed by atoms with Crippen LogP contribution in [0.15, 0.2) is 45.8 Å². The van der Waals surface area contributed by atoms with Crippen LogP contribution in [0.3, 0.4) is 0 Å². The Bertz CT molecular complexity index is 1200. The third-order valence-corrected chi connectivity index (χ3v) is 4.93. The highest BCUT2D eigenvalue weighted by molar-refractivity contribution is 7.89. The lowest BCUT2D eigenvalue weighted by Crippen LogP contribution is -2.14. The SMILES string of the molecule is NS(=O)(=O)c1cc(F)c(-c2c(-c3ccc(C(F)(F)F)cc3)noc2C(F)F)cc1F. The van der Waals surface area contributed by atoms with E-state index in [1.54, 1.807) is 0 Å². The van der Waals surface area contributed by atoms with Crippen LogP contribution in [-0.4, -0.2) is 13.6 Å². The summed E-state index contributed by atoms with van der Waals surface area (Å²) in [7, 11) is -4.66. The van der Waals surface area contributed by atoms with E-state index in [0.717, 1.165) is 12.1 Å². The summed E-state index contributed by atoms with van der Waals surface area (Å²) >= 11 is 0. The van der Waals surface area contributed by atoms with Crippen LogP contribution in [-0.2, 0) is 16.2 Å². The zero-order chi connectivity index (χ0) is 22.4. The van der Waals surface area contributed by atoms with Gasteiger partial charge in [-0.2, -0.15) is 13.2 Å². The number of hydrogen-bond acceptors (Lipinski definition) is 4. The normalized spacial score (nSPS) is 12.6. The van der Waals surface area contributed by atoms with Gasteiger partial charge in [-0.1, -0.05) is 17.3 Å². The molecule has 5 nitrogen and oxygen atoms in total. The van der Waals surface area contributed by atoms with Crippen molar-refractivity contribution in [1.82, 2.24) is 5.16 Å². The Morgan fingerprint density at radius 2 is 1.60 bits per heavy atom. The van der Waals surface area contributed by atoms with Gasteiger partial charge < -0.3 is 4.52 Å². The number of benzene rings is 2. The summed E-state index contributed by atoms with van der Waals surface area (Å²) in [4.78, 5) is -1.21. The molecular formula is C17H9F7N2O3S. The van der Waals surface area contributed by atoms with E-state index in [0.29, 0.717) is 18.2 Å². The molecule has 3 aromatic rings. The predicted octanol–water partition coefficient (Wildman–Crippen LogP) is 4.89. The van der Waals surface area contributed by atoms with E-state index in [-0.39, 0.29) is 11.6 Å². The van der Waals surface area contributed by atoms with Gasteiger partial charge in [-0.15, -0.1) is 0 Å². The van der Waals surface area contributed by atoms with E-state index in [9.17, 15) is 39.2 Å². The zero-order valence-electron chi connectivity index (χ0n) is 14.3. The van der Waals surface area contributed by atoms with Gasteiger partial charge in [-0.05, 0) is 24.3 Å². The third kappa shape index (κ3) is 4.03. The van der Waals surface area contributed by atoms with E-state index in [2.05, 4.69) is 9.68 Å². The number of aromatic nitrogens is 1. The third-order valence-electron chi connectivity index (χ3n) is 4.00. The first kappa shape index (κ1) is 21.8. The van der Waals surface area contributed by atoms with Crippen molar-refractivity contribution in [2.45, 2.75) is 17.5 Å². The topological polar surface area (TPSA) is 86.2 Å². The van der Waals surface area contributed by atoms with Crippen molar-refractivity contribution >= 4 is 10.0 Å². The van der Waals surface area contributed by atoms with Crippen molar-refractivity contribution in [1.29, 1.82) is 0 Å². The van der Waals surface area contributed by atoms with E-state index >= 15 is 0 Å². The lowest BCUT2D eigenvalue weighted by Gasteiger charge is -2.10. The Balaban J connectivity index is 2.24. The molecule has 0 aliphatic carbocycles. The molecular weight excluding hydrogens is 445 g/mol. The molecule has 13 heteroatoms. The molecule has 0 spiro atoms. The number of halogens is 7. The van der Waals surface area contributed by atoms with Gasteiger partial charge in [0.25, 0.3) is 6.43 Å². The minimum Gasteiger partial charge on any atom is -0.354 e. The van der Waals surface area contributed by atoms with E-state index in [4.69, 9.17) is 5.14 Å². The number of hydrogen-bond donors (Lipinski definition) is 1. The van der Waals surface area contributed by atoms with Gasteiger partial charge in [-0.25, -0.2) is 31.1 Å². The maximum Gasteiger partial charge on any atom is 0.416 e. The maximum atomic E-state index is 14.5. The van der Waals surface area contributed by atoms with Gasteiger partial charge in [0.15, 0.2) is 0 Å². The van der Waals surface area contributed by atoms with Gasteiger partial charge in [0, 0.05) is 11.1 Å². The molecule has 3 rings (SSSR count). The Morgan fingerprint density at radius 1 is 1.00 bits per heavy atom. The standard InChI is InChI=1S/C17H9F7N2O3S/c18-10-6-12(30(25,27)28)11(19)5-9(10)13-14(26-29-15(13)16(20)21)7-1-3-8(4-2-7)17(22,23)24/h1-6,16H,(H2,25,27,28). The molecule has 0 unspecified atom stereocenters. The second-order valence-electron chi connectivity index (χ2n) is 5.95. The quantitative estimate of drug-likeness (QED) is 0.569. The molecule has 2 aromatic carbocycles. The first-order valence-electron chi connectivity index (χ1n) is 7.78. The molecule has 0 amide bonds. The molecule has 0 aliphatic rings. The molecule has 0 fully saturated rings. The highest BCUT2D eigenvalue weighted by Crippen LogP contribution is 2.41. The summed E-state index contributed by atoms with van der Waals surface area (Å²) in [5, 5.41) is 8.12. The minimum atomic E-state index is -4.67. The first-order valence-corrected chi connectivity index (χ1v) is 9.33. The number of nitrogens with two attached hydrogens (primary N) is 1. The summed E-state index contributed by atoms with van der Waals surface area (Å²) in [5.41, 5.74) is -3.29. The van der Waals surface area contributed by atoms with Crippen molar-refractivity contribution in [3.8, 4) is 22.4 Å². The van der Waals surface area contributed by atoms with Gasteiger partial charge in [0.2, 0.25) is 15.8 Å². The van der Waals surface area contributed by atoms with Crippen LogP contribution in [0, 0.1) is 11.6 Å². The van der Waals surface area contributed by atoms with E-state index in [1.807, 2.05) is 0 Å². The summed E-state index contributed by atoms with van der Waals surface area (Å²) in [6.45, 7) is 0. The summed E-state index contributed by atoms with van der Waals surface area (Å²) < 4.78 is 121. The molecule has 30 heavy (non-hydrogen) atoms. The van der Waals surface area contributed by atoms with Gasteiger partial charge in [0.1, 0.15) is 22.2 Å². The maximum absolute atomic E-state index is 14.5. The highest BCUT2D eigenvalue weighted by Gasteiger charge is 2.32. The minimum absolute atomic E-state index is 0.163. The van der Waals surface area contributed by atoms with Crippen molar-refractivity contribution in [2.75, 3.05) is 0 Å². The number of rotatable bonds is 4. The first-order chi connectivity index (χ1) is 13.8. The van der Waals surface area contributed by atoms with Crippen molar-refractivity contribution in [2.24, 2.45) is 5.14 Å². The summed E-state index contributed by atoms with van der Waals surface area (Å²) in [5.74, 6) is -4.17. The Morgan fingerprint density at radius 3 is 2.10 bits per heavy atom. The Hall–Kier alpha value is -2.93. The van der Waals surface area contributed by atoms with Crippen LogP contribution < -0.4 is 5.14 Å². The van der Waals surface area contributed by atoms with Crippen molar-refractivity contribution in [3.05, 3.63) is 59.4 Å². The second-order valence-corrected chi connectivity index (χ2v) is 7.48. The van der Waals surface area contributed by atoms with Crippen LogP contribution in [0.5, 0.6) is 0 Å². The molecule has 1 heterocycles. The number of alkyl halides is 5. The van der Waals surface area contributed by atoms with Crippen LogP contribution >= 0.6 is 0 Å². The monoisotopic (exact) mass is 454 g/mol. The number of nitrogens with zero attached hydrogens (tertiary/aromatic N) is 1. The predicted molar refractivity (Wildman–Crippen MR) is 88.6 cm³/mol. The molecule has 0 aliphatic heterocycles. The average molecular weight is 454 g/mol. The van der Waals surface area contributed by atoms with Crippen molar-refractivity contribution < 1.29 is 43.7 Å². The smallest absolute Gasteiger partial charge is 0.354 e. The molecule has 0 atom stereocenters. The average Bonchev–Trinajstić information content (AvgIpc) is 3.07. The molecule has 160 valence electrons. The lowest BCUT2D eigenvalue weighted by molar-refractivity contribution is -0.137. The van der Waals surface area contributed by atoms with Gasteiger partial charge >= 0.3 is 6.18 Å². The van der Waals surface area contributed by atoms with Crippen LogP contribution in [0.4, 0.5) is 30.7 Å². The summed E-state index contributed by atoms with van der Waals surface area (Å²) in [6.07, 6.45) is -8.02. The molecule has 0 bridgehead atoms. The lowest BCUT2D eigenvalue weighted by atomic mass is 9.98. The van der Waals surface area contributed by atoms with Crippen LogP contribution in [0.25, 0.3) is 22.4 Å². The highest BCUT2D eigenvalue weighted by atomic mass is 32.2. The van der Waals surface area contributed by atoms with E-state index < -0.39 is 67.3 Å². The van der Waals surface area contributed by atoms with E-state index in [1.165, 1.54) is 0 Å². The zero-order valence-corrected chi connectivity index (χ0v) is 15.2. The molecule has 0 saturated carbocycles. The number of sulfonamides is 1. The summed E-state index contributed by atoms with van der Waals surface area (Å²) in [6, 6.07) is 3.53. The Kier molecular flexibility index (Phi) is 5.37. The molecule has 0 saturated heterocycles.